The standard InChI is InChI=1S/C23H30O7/c1-4-29-20(28)30-23(19(26)27)10-8-16-15-6-5-13-11-14(24)7-9-21(13,2)18(15)17(25)12-22(16,23)3/h7,9,11,15-18,25H,4-6,8,10,12H2,1-3H3,(H,26,27)/t15-,16-,17-,18+,21-,22-,23-/m0/s1. The number of carbonyl (C=O) groups excluding carboxylic acids is 2. The van der Waals surface area contributed by atoms with Crippen LogP contribution in [0.5, 0.6) is 0 Å². The van der Waals surface area contributed by atoms with Crippen LogP contribution in [0.4, 0.5) is 4.79 Å². The van der Waals surface area contributed by atoms with Crippen LogP contribution in [-0.2, 0) is 19.1 Å². The fraction of sp³-hybridized carbons (Fsp3) is 0.696. The molecule has 30 heavy (non-hydrogen) atoms. The molecule has 0 spiro atoms. The molecule has 0 radical (unpaired) electrons. The number of carboxylic acid groups (broad SMARTS) is 1. The van der Waals surface area contributed by atoms with Gasteiger partial charge in [0.25, 0.3) is 0 Å². The summed E-state index contributed by atoms with van der Waals surface area (Å²) in [6, 6.07) is 0. The monoisotopic (exact) mass is 418 g/mol. The van der Waals surface area contributed by atoms with E-state index < -0.39 is 34.7 Å². The number of carbonyl (C=O) groups is 3. The highest BCUT2D eigenvalue weighted by atomic mass is 16.7. The number of carboxylic acids is 1. The summed E-state index contributed by atoms with van der Waals surface area (Å²) in [6.45, 7) is 5.64. The molecule has 0 aliphatic heterocycles. The fourth-order valence-corrected chi connectivity index (χ4v) is 7.17. The summed E-state index contributed by atoms with van der Waals surface area (Å²) in [6.07, 6.45) is 5.98. The minimum Gasteiger partial charge on any atom is -0.478 e. The smallest absolute Gasteiger partial charge is 0.478 e. The van der Waals surface area contributed by atoms with Crippen molar-refractivity contribution in [1.29, 1.82) is 0 Å². The van der Waals surface area contributed by atoms with Gasteiger partial charge in [-0.05, 0) is 63.0 Å². The van der Waals surface area contributed by atoms with Crippen LogP contribution in [0, 0.1) is 28.6 Å². The summed E-state index contributed by atoms with van der Waals surface area (Å²) in [4.78, 5) is 36.5. The largest absolute Gasteiger partial charge is 0.509 e. The van der Waals surface area contributed by atoms with Gasteiger partial charge < -0.3 is 19.7 Å². The van der Waals surface area contributed by atoms with Crippen LogP contribution in [0.3, 0.4) is 0 Å². The second kappa shape index (κ2) is 6.94. The van der Waals surface area contributed by atoms with E-state index in [1.165, 1.54) is 0 Å². The van der Waals surface area contributed by atoms with E-state index in [-0.39, 0.29) is 43.0 Å². The maximum Gasteiger partial charge on any atom is 0.509 e. The van der Waals surface area contributed by atoms with Crippen molar-refractivity contribution in [2.24, 2.45) is 28.6 Å². The molecule has 2 N–H and O–H groups in total. The van der Waals surface area contributed by atoms with Gasteiger partial charge in [0.15, 0.2) is 5.78 Å². The number of hydrogen-bond acceptors (Lipinski definition) is 6. The first-order valence-corrected chi connectivity index (χ1v) is 10.8. The average Bonchev–Trinajstić information content (AvgIpc) is 2.95. The maximum atomic E-state index is 12.4. The number of rotatable bonds is 3. The van der Waals surface area contributed by atoms with Gasteiger partial charge in [-0.15, -0.1) is 0 Å². The van der Waals surface area contributed by atoms with Crippen molar-refractivity contribution >= 4 is 17.9 Å². The molecule has 4 aliphatic rings. The molecule has 0 aromatic heterocycles. The Morgan fingerprint density at radius 2 is 2.00 bits per heavy atom. The Balaban J connectivity index is 1.72. The molecule has 0 saturated heterocycles. The Morgan fingerprint density at radius 1 is 1.27 bits per heavy atom. The first-order chi connectivity index (χ1) is 14.1. The average molecular weight is 418 g/mol. The van der Waals surface area contributed by atoms with E-state index in [0.717, 1.165) is 18.4 Å². The van der Waals surface area contributed by atoms with Crippen molar-refractivity contribution in [3.05, 3.63) is 23.8 Å². The van der Waals surface area contributed by atoms with Gasteiger partial charge >= 0.3 is 12.1 Å². The van der Waals surface area contributed by atoms with Crippen molar-refractivity contribution in [3.63, 3.8) is 0 Å². The molecule has 3 saturated carbocycles. The lowest BCUT2D eigenvalue weighted by Crippen LogP contribution is -2.62. The highest BCUT2D eigenvalue weighted by Gasteiger charge is 2.71. The molecule has 0 aromatic carbocycles. The zero-order chi connectivity index (χ0) is 21.9. The minimum atomic E-state index is -1.72. The Bertz CT molecular complexity index is 844. The molecule has 7 atom stereocenters. The first-order valence-electron chi connectivity index (χ1n) is 10.8. The third-order valence-corrected chi connectivity index (χ3v) is 8.48. The number of aliphatic hydroxyl groups excluding tert-OH is 1. The third kappa shape index (κ3) is 2.70. The number of aliphatic hydroxyl groups is 1. The highest BCUT2D eigenvalue weighted by Crippen LogP contribution is 2.67. The molecule has 3 fully saturated rings. The van der Waals surface area contributed by atoms with E-state index in [1.807, 2.05) is 13.0 Å². The lowest BCUT2D eigenvalue weighted by atomic mass is 9.46. The van der Waals surface area contributed by atoms with Gasteiger partial charge in [0.2, 0.25) is 5.60 Å². The lowest BCUT2D eigenvalue weighted by Gasteiger charge is -2.59. The van der Waals surface area contributed by atoms with Crippen LogP contribution >= 0.6 is 0 Å². The van der Waals surface area contributed by atoms with E-state index in [0.29, 0.717) is 6.42 Å². The zero-order valence-electron chi connectivity index (χ0n) is 17.7. The van der Waals surface area contributed by atoms with E-state index in [2.05, 4.69) is 6.92 Å². The molecule has 0 amide bonds. The molecule has 0 bridgehead atoms. The summed E-state index contributed by atoms with van der Waals surface area (Å²) >= 11 is 0. The molecular weight excluding hydrogens is 388 g/mol. The predicted molar refractivity (Wildman–Crippen MR) is 106 cm³/mol. The summed E-state index contributed by atoms with van der Waals surface area (Å²) < 4.78 is 10.4. The molecular formula is C23H30O7. The number of allylic oxidation sites excluding steroid dienone is 4. The second-order valence-electron chi connectivity index (χ2n) is 9.67. The number of fused-ring (bicyclic) bond motifs is 5. The second-order valence-corrected chi connectivity index (χ2v) is 9.67. The number of ketones is 1. The Kier molecular flexibility index (Phi) is 4.88. The van der Waals surface area contributed by atoms with Gasteiger partial charge in [-0.25, -0.2) is 9.59 Å². The Morgan fingerprint density at radius 3 is 2.67 bits per heavy atom. The van der Waals surface area contributed by atoms with Crippen molar-refractivity contribution in [3.8, 4) is 0 Å². The molecule has 0 unspecified atom stereocenters. The normalized spacial score (nSPS) is 44.4. The maximum absolute atomic E-state index is 12.4. The SMILES string of the molecule is CCOC(=O)O[C@]1(C(=O)O)CC[C@H]2[C@@H]3CCC4=CC(=O)C=C[C@]4(C)[C@H]3[C@@H](O)C[C@@]21C. The Labute approximate surface area is 176 Å². The molecule has 7 nitrogen and oxygen atoms in total. The van der Waals surface area contributed by atoms with E-state index >= 15 is 0 Å². The van der Waals surface area contributed by atoms with Gasteiger partial charge in [0.1, 0.15) is 0 Å². The number of ether oxygens (including phenoxy) is 2. The number of hydrogen-bond donors (Lipinski definition) is 2. The molecule has 4 aliphatic carbocycles. The van der Waals surface area contributed by atoms with Crippen LogP contribution in [0.15, 0.2) is 23.8 Å². The van der Waals surface area contributed by atoms with Crippen molar-refractivity contribution in [2.75, 3.05) is 6.61 Å². The van der Waals surface area contributed by atoms with Gasteiger partial charge in [-0.2, -0.15) is 0 Å². The van der Waals surface area contributed by atoms with Crippen LogP contribution in [-0.4, -0.2) is 46.4 Å². The van der Waals surface area contributed by atoms with Gasteiger partial charge in [-0.1, -0.05) is 25.5 Å². The van der Waals surface area contributed by atoms with Crippen molar-refractivity contribution in [1.82, 2.24) is 0 Å². The van der Waals surface area contributed by atoms with E-state index in [4.69, 9.17) is 9.47 Å². The van der Waals surface area contributed by atoms with Crippen LogP contribution in [0.2, 0.25) is 0 Å². The van der Waals surface area contributed by atoms with Crippen LogP contribution in [0.25, 0.3) is 0 Å². The lowest BCUT2D eigenvalue weighted by molar-refractivity contribution is -0.196. The third-order valence-electron chi connectivity index (χ3n) is 8.48. The Hall–Kier alpha value is -2.15. The summed E-state index contributed by atoms with van der Waals surface area (Å²) in [7, 11) is 0. The minimum absolute atomic E-state index is 0.0131. The molecule has 0 aromatic rings. The van der Waals surface area contributed by atoms with E-state index in [1.54, 1.807) is 19.1 Å². The summed E-state index contributed by atoms with van der Waals surface area (Å²) in [5.41, 5.74) is -2.00. The molecule has 0 heterocycles. The zero-order valence-corrected chi connectivity index (χ0v) is 17.7. The van der Waals surface area contributed by atoms with Gasteiger partial charge in [0.05, 0.1) is 12.7 Å². The van der Waals surface area contributed by atoms with E-state index in [9.17, 15) is 24.6 Å². The molecule has 4 rings (SSSR count). The predicted octanol–water partition coefficient (Wildman–Crippen LogP) is 3.26. The van der Waals surface area contributed by atoms with Crippen molar-refractivity contribution in [2.45, 2.75) is 64.6 Å². The summed E-state index contributed by atoms with van der Waals surface area (Å²) in [5, 5.41) is 21.5. The van der Waals surface area contributed by atoms with Crippen LogP contribution < -0.4 is 0 Å². The molecule has 7 heteroatoms. The fourth-order valence-electron chi connectivity index (χ4n) is 7.17. The molecule has 164 valence electrons. The van der Waals surface area contributed by atoms with Crippen molar-refractivity contribution < 1.29 is 34.1 Å². The highest BCUT2D eigenvalue weighted by molar-refractivity contribution is 6.01. The first kappa shape index (κ1) is 21.1. The quantitative estimate of drug-likeness (QED) is 0.677. The number of aliphatic carboxylic acids is 1. The van der Waals surface area contributed by atoms with Crippen LogP contribution in [0.1, 0.15) is 52.9 Å². The summed E-state index contributed by atoms with van der Waals surface area (Å²) in [5.74, 6) is -1.25. The van der Waals surface area contributed by atoms with Gasteiger partial charge in [0, 0.05) is 16.7 Å². The topological polar surface area (TPSA) is 110 Å². The van der Waals surface area contributed by atoms with Gasteiger partial charge in [-0.3, -0.25) is 4.79 Å².